The van der Waals surface area contributed by atoms with Gasteiger partial charge in [0.2, 0.25) is 5.82 Å². The van der Waals surface area contributed by atoms with Gasteiger partial charge in [-0.25, -0.2) is 4.98 Å². The molecule has 0 amide bonds. The lowest BCUT2D eigenvalue weighted by Gasteiger charge is -2.14. The first-order valence-corrected chi connectivity index (χ1v) is 11.9. The van der Waals surface area contributed by atoms with Crippen LogP contribution in [0.15, 0.2) is 58.7 Å². The zero-order valence-electron chi connectivity index (χ0n) is 18.6. The zero-order valence-corrected chi connectivity index (χ0v) is 19.4. The summed E-state index contributed by atoms with van der Waals surface area (Å²) in [6.45, 7) is 4.66. The number of nitrogens with zero attached hydrogens (tertiary/aromatic N) is 5. The first-order valence-electron chi connectivity index (χ1n) is 11.0. The molecule has 166 valence electrons. The largest absolute Gasteiger partial charge is 0.292 e. The van der Waals surface area contributed by atoms with Gasteiger partial charge in [-0.05, 0) is 47.9 Å². The number of aromatic amines is 1. The smallest absolute Gasteiger partial charge is 0.261 e. The van der Waals surface area contributed by atoms with Crippen molar-refractivity contribution in [1.82, 2.24) is 30.2 Å². The maximum atomic E-state index is 13.4. The summed E-state index contributed by atoms with van der Waals surface area (Å²) in [6, 6.07) is 16.3. The van der Waals surface area contributed by atoms with Gasteiger partial charge in [-0.2, -0.15) is 5.21 Å². The van der Waals surface area contributed by atoms with E-state index in [4.69, 9.17) is 4.98 Å². The zero-order chi connectivity index (χ0) is 22.8. The van der Waals surface area contributed by atoms with Crippen LogP contribution in [-0.4, -0.2) is 30.2 Å². The van der Waals surface area contributed by atoms with Crippen LogP contribution in [0.3, 0.4) is 0 Å². The van der Waals surface area contributed by atoms with Crippen LogP contribution in [0.5, 0.6) is 0 Å². The standard InChI is InChI=1S/C25H24N6OS/c1-3-4-5-23-26-21-11-6-16(2)12-20(21)25(32)31(23)14-17-7-9-18(10-8-17)22-13-19(15-33-22)24-27-29-30-28-24/h6-13,15H,3-5,14H2,1-2H3,(H,27,28,29,30). The Morgan fingerprint density at radius 2 is 1.91 bits per heavy atom. The quantitative estimate of drug-likeness (QED) is 0.372. The van der Waals surface area contributed by atoms with Gasteiger partial charge in [-0.1, -0.05) is 49.2 Å². The number of hydrogen-bond donors (Lipinski definition) is 1. The topological polar surface area (TPSA) is 89.4 Å². The van der Waals surface area contributed by atoms with Gasteiger partial charge >= 0.3 is 0 Å². The molecule has 0 unspecified atom stereocenters. The number of nitrogens with one attached hydrogen (secondary N) is 1. The van der Waals surface area contributed by atoms with E-state index in [0.29, 0.717) is 17.8 Å². The van der Waals surface area contributed by atoms with E-state index < -0.39 is 0 Å². The highest BCUT2D eigenvalue weighted by Gasteiger charge is 2.13. The van der Waals surface area contributed by atoms with Crippen LogP contribution in [0.1, 0.15) is 36.7 Å². The lowest BCUT2D eigenvalue weighted by Crippen LogP contribution is -2.26. The molecule has 8 heteroatoms. The molecule has 0 atom stereocenters. The minimum atomic E-state index is 0.0295. The number of tetrazole rings is 1. The van der Waals surface area contributed by atoms with Gasteiger partial charge in [0.25, 0.3) is 5.56 Å². The second-order valence-corrected chi connectivity index (χ2v) is 9.09. The predicted molar refractivity (Wildman–Crippen MR) is 131 cm³/mol. The molecule has 1 N–H and O–H groups in total. The van der Waals surface area contributed by atoms with Crippen molar-refractivity contribution in [2.24, 2.45) is 0 Å². The maximum absolute atomic E-state index is 13.4. The van der Waals surface area contributed by atoms with Crippen molar-refractivity contribution >= 4 is 22.2 Å². The van der Waals surface area contributed by atoms with Gasteiger partial charge in [-0.15, -0.1) is 21.5 Å². The molecule has 33 heavy (non-hydrogen) atoms. The second-order valence-electron chi connectivity index (χ2n) is 8.18. The average Bonchev–Trinajstić information content (AvgIpc) is 3.53. The molecular formula is C25H24N6OS. The predicted octanol–water partition coefficient (Wildman–Crippen LogP) is 5.00. The van der Waals surface area contributed by atoms with Crippen LogP contribution in [0, 0.1) is 6.92 Å². The molecule has 0 saturated heterocycles. The molecule has 0 aliphatic rings. The SMILES string of the molecule is CCCCc1nc2ccc(C)cc2c(=O)n1Cc1ccc(-c2cc(-c3nn[nH]n3)cs2)cc1. The Labute approximate surface area is 195 Å². The van der Waals surface area contributed by atoms with Gasteiger partial charge in [0.1, 0.15) is 5.82 Å². The summed E-state index contributed by atoms with van der Waals surface area (Å²) in [6.07, 6.45) is 2.86. The van der Waals surface area contributed by atoms with E-state index >= 15 is 0 Å². The van der Waals surface area contributed by atoms with Crippen molar-refractivity contribution in [2.45, 2.75) is 39.7 Å². The number of unbranched alkanes of at least 4 members (excludes halogenated alkanes) is 1. The Kier molecular flexibility index (Phi) is 5.83. The Balaban J connectivity index is 1.45. The Bertz CT molecular complexity index is 1450. The molecule has 0 radical (unpaired) electrons. The van der Waals surface area contributed by atoms with E-state index in [1.165, 1.54) is 0 Å². The van der Waals surface area contributed by atoms with Gasteiger partial charge in [0.05, 0.1) is 17.4 Å². The van der Waals surface area contributed by atoms with Gasteiger partial charge in [0.15, 0.2) is 0 Å². The summed E-state index contributed by atoms with van der Waals surface area (Å²) in [4.78, 5) is 19.4. The third-order valence-corrected chi connectivity index (χ3v) is 6.70. The molecule has 3 heterocycles. The highest BCUT2D eigenvalue weighted by atomic mass is 32.1. The Morgan fingerprint density at radius 1 is 1.06 bits per heavy atom. The molecular weight excluding hydrogens is 432 g/mol. The first kappa shape index (κ1) is 21.2. The fourth-order valence-electron chi connectivity index (χ4n) is 3.92. The Hall–Kier alpha value is -3.65. The highest BCUT2D eigenvalue weighted by Crippen LogP contribution is 2.31. The number of fused-ring (bicyclic) bond motifs is 1. The highest BCUT2D eigenvalue weighted by molar-refractivity contribution is 7.14. The minimum absolute atomic E-state index is 0.0295. The number of aryl methyl sites for hydroxylation is 2. The number of hydrogen-bond acceptors (Lipinski definition) is 6. The number of aromatic nitrogens is 6. The van der Waals surface area contributed by atoms with E-state index in [1.807, 2.05) is 35.1 Å². The van der Waals surface area contributed by atoms with E-state index in [2.05, 4.69) is 57.9 Å². The summed E-state index contributed by atoms with van der Waals surface area (Å²) in [5, 5.41) is 16.9. The van der Waals surface area contributed by atoms with Crippen LogP contribution >= 0.6 is 11.3 Å². The lowest BCUT2D eigenvalue weighted by molar-refractivity contribution is 0.646. The first-order chi connectivity index (χ1) is 16.1. The minimum Gasteiger partial charge on any atom is -0.292 e. The maximum Gasteiger partial charge on any atom is 0.261 e. The van der Waals surface area contributed by atoms with Crippen molar-refractivity contribution in [3.8, 4) is 21.8 Å². The van der Waals surface area contributed by atoms with E-state index in [1.54, 1.807) is 11.3 Å². The number of benzene rings is 2. The van der Waals surface area contributed by atoms with Crippen LogP contribution in [0.2, 0.25) is 0 Å². The number of thiophene rings is 1. The van der Waals surface area contributed by atoms with Crippen LogP contribution in [0.25, 0.3) is 32.7 Å². The van der Waals surface area contributed by atoms with Crippen LogP contribution in [0.4, 0.5) is 0 Å². The number of H-pyrrole nitrogens is 1. The third-order valence-electron chi connectivity index (χ3n) is 5.72. The van der Waals surface area contributed by atoms with E-state index in [0.717, 1.165) is 57.7 Å². The van der Waals surface area contributed by atoms with Crippen molar-refractivity contribution in [3.63, 3.8) is 0 Å². The monoisotopic (exact) mass is 456 g/mol. The summed E-state index contributed by atoms with van der Waals surface area (Å²) in [5.41, 5.74) is 5.00. The fourth-order valence-corrected chi connectivity index (χ4v) is 4.81. The van der Waals surface area contributed by atoms with Crippen molar-refractivity contribution < 1.29 is 0 Å². The van der Waals surface area contributed by atoms with Crippen molar-refractivity contribution in [2.75, 3.05) is 0 Å². The van der Waals surface area contributed by atoms with Crippen LogP contribution in [-0.2, 0) is 13.0 Å². The molecule has 7 nitrogen and oxygen atoms in total. The number of rotatable bonds is 7. The summed E-state index contributed by atoms with van der Waals surface area (Å²) < 4.78 is 1.84. The molecule has 0 bridgehead atoms. The molecule has 5 rings (SSSR count). The van der Waals surface area contributed by atoms with Gasteiger partial charge < -0.3 is 0 Å². The Morgan fingerprint density at radius 3 is 2.67 bits per heavy atom. The van der Waals surface area contributed by atoms with Crippen molar-refractivity contribution in [3.05, 3.63) is 81.2 Å². The molecule has 0 aliphatic heterocycles. The van der Waals surface area contributed by atoms with Gasteiger partial charge in [-0.3, -0.25) is 9.36 Å². The summed E-state index contributed by atoms with van der Waals surface area (Å²) in [5.74, 6) is 1.44. The van der Waals surface area contributed by atoms with Gasteiger partial charge in [0, 0.05) is 22.2 Å². The molecule has 0 fully saturated rings. The average molecular weight is 457 g/mol. The normalized spacial score (nSPS) is 11.3. The van der Waals surface area contributed by atoms with Crippen LogP contribution < -0.4 is 5.56 Å². The molecule has 0 saturated carbocycles. The third kappa shape index (κ3) is 4.34. The molecule has 5 aromatic rings. The van der Waals surface area contributed by atoms with E-state index in [-0.39, 0.29) is 5.56 Å². The summed E-state index contributed by atoms with van der Waals surface area (Å²) >= 11 is 1.64. The second kappa shape index (κ2) is 9.07. The fraction of sp³-hybridized carbons (Fsp3) is 0.240. The van der Waals surface area contributed by atoms with E-state index in [9.17, 15) is 4.79 Å². The molecule has 0 aliphatic carbocycles. The summed E-state index contributed by atoms with van der Waals surface area (Å²) in [7, 11) is 0. The lowest BCUT2D eigenvalue weighted by atomic mass is 10.1. The molecule has 2 aromatic carbocycles. The van der Waals surface area contributed by atoms with Crippen molar-refractivity contribution in [1.29, 1.82) is 0 Å². The molecule has 3 aromatic heterocycles. The molecule has 0 spiro atoms.